The summed E-state index contributed by atoms with van der Waals surface area (Å²) in [6, 6.07) is 4.21. The number of anilines is 1. The van der Waals surface area contributed by atoms with E-state index in [4.69, 9.17) is 21.1 Å². The van der Waals surface area contributed by atoms with Crippen molar-refractivity contribution < 1.29 is 9.47 Å². The molecule has 1 N–H and O–H groups in total. The minimum atomic E-state index is 0.490. The molecule has 1 aromatic carbocycles. The summed E-state index contributed by atoms with van der Waals surface area (Å²) >= 11 is 6.31. The zero-order valence-corrected chi connectivity index (χ0v) is 12.6. The highest BCUT2D eigenvalue weighted by Crippen LogP contribution is 2.37. The van der Waals surface area contributed by atoms with Crippen LogP contribution >= 0.6 is 11.6 Å². The van der Waals surface area contributed by atoms with Crippen molar-refractivity contribution in [2.24, 2.45) is 5.92 Å². The third-order valence-corrected chi connectivity index (χ3v) is 4.24. The first-order valence-electron chi connectivity index (χ1n) is 6.83. The molecular weight excluding hydrogens is 262 g/mol. The summed E-state index contributed by atoms with van der Waals surface area (Å²) in [5.74, 6) is 2.05. The SMILES string of the molecule is COc1cc(Cl)c(NC2CCCCC2C)cc1OC. The zero-order chi connectivity index (χ0) is 13.8. The molecule has 0 bridgehead atoms. The molecule has 2 atom stereocenters. The van der Waals surface area contributed by atoms with Crippen LogP contribution in [0, 0.1) is 5.92 Å². The van der Waals surface area contributed by atoms with Crippen LogP contribution in [-0.2, 0) is 0 Å². The second kappa shape index (κ2) is 6.38. The summed E-state index contributed by atoms with van der Waals surface area (Å²) in [4.78, 5) is 0. The Bertz CT molecular complexity index is 436. The van der Waals surface area contributed by atoms with E-state index in [1.165, 1.54) is 25.7 Å². The van der Waals surface area contributed by atoms with Crippen LogP contribution in [0.1, 0.15) is 32.6 Å². The van der Waals surface area contributed by atoms with Gasteiger partial charge in [-0.1, -0.05) is 31.4 Å². The smallest absolute Gasteiger partial charge is 0.162 e. The van der Waals surface area contributed by atoms with Gasteiger partial charge in [-0.3, -0.25) is 0 Å². The molecule has 0 amide bonds. The standard InChI is InChI=1S/C15H22ClNO2/c1-10-6-4-5-7-12(10)17-13-9-15(19-3)14(18-2)8-11(13)16/h8-10,12,17H,4-7H2,1-3H3. The molecule has 0 aliphatic heterocycles. The fourth-order valence-corrected chi connectivity index (χ4v) is 2.90. The van der Waals surface area contributed by atoms with Gasteiger partial charge in [0.1, 0.15) is 0 Å². The number of rotatable bonds is 4. The van der Waals surface area contributed by atoms with E-state index in [-0.39, 0.29) is 0 Å². The van der Waals surface area contributed by atoms with E-state index in [2.05, 4.69) is 12.2 Å². The van der Waals surface area contributed by atoms with Gasteiger partial charge in [0.15, 0.2) is 11.5 Å². The highest BCUT2D eigenvalue weighted by Gasteiger charge is 2.22. The molecule has 106 valence electrons. The van der Waals surface area contributed by atoms with Crippen molar-refractivity contribution >= 4 is 17.3 Å². The predicted octanol–water partition coefficient (Wildman–Crippen LogP) is 4.35. The van der Waals surface area contributed by atoms with E-state index in [0.29, 0.717) is 28.5 Å². The predicted molar refractivity (Wildman–Crippen MR) is 79.6 cm³/mol. The van der Waals surface area contributed by atoms with Gasteiger partial charge in [-0.25, -0.2) is 0 Å². The second-order valence-corrected chi connectivity index (χ2v) is 5.61. The van der Waals surface area contributed by atoms with Gasteiger partial charge in [-0.05, 0) is 18.8 Å². The third kappa shape index (κ3) is 3.27. The molecule has 0 aromatic heterocycles. The largest absolute Gasteiger partial charge is 0.493 e. The van der Waals surface area contributed by atoms with Crippen molar-refractivity contribution in [2.45, 2.75) is 38.6 Å². The van der Waals surface area contributed by atoms with E-state index in [1.54, 1.807) is 20.3 Å². The summed E-state index contributed by atoms with van der Waals surface area (Å²) in [7, 11) is 3.25. The lowest BCUT2D eigenvalue weighted by Crippen LogP contribution is -2.30. The Balaban J connectivity index is 2.19. The zero-order valence-electron chi connectivity index (χ0n) is 11.8. The maximum Gasteiger partial charge on any atom is 0.162 e. The first kappa shape index (κ1) is 14.3. The molecule has 2 unspecified atom stereocenters. The summed E-state index contributed by atoms with van der Waals surface area (Å²) in [6.45, 7) is 2.30. The molecule has 19 heavy (non-hydrogen) atoms. The van der Waals surface area contributed by atoms with Gasteiger partial charge in [-0.2, -0.15) is 0 Å². The van der Waals surface area contributed by atoms with Gasteiger partial charge in [0.05, 0.1) is 24.9 Å². The van der Waals surface area contributed by atoms with Crippen molar-refractivity contribution in [1.29, 1.82) is 0 Å². The van der Waals surface area contributed by atoms with Crippen molar-refractivity contribution in [2.75, 3.05) is 19.5 Å². The van der Waals surface area contributed by atoms with Crippen LogP contribution in [-0.4, -0.2) is 20.3 Å². The molecule has 1 saturated carbocycles. The molecule has 2 rings (SSSR count). The van der Waals surface area contributed by atoms with E-state index in [0.717, 1.165) is 5.69 Å². The Kier molecular flexibility index (Phi) is 4.81. The molecule has 0 spiro atoms. The van der Waals surface area contributed by atoms with Crippen LogP contribution < -0.4 is 14.8 Å². The van der Waals surface area contributed by atoms with E-state index >= 15 is 0 Å². The first-order chi connectivity index (χ1) is 9.15. The van der Waals surface area contributed by atoms with Gasteiger partial charge >= 0.3 is 0 Å². The second-order valence-electron chi connectivity index (χ2n) is 5.20. The summed E-state index contributed by atoms with van der Waals surface area (Å²) < 4.78 is 10.6. The van der Waals surface area contributed by atoms with Crippen LogP contribution in [0.2, 0.25) is 5.02 Å². The molecule has 1 aromatic rings. The molecule has 3 nitrogen and oxygen atoms in total. The molecule has 0 radical (unpaired) electrons. The Hall–Kier alpha value is -1.09. The molecule has 4 heteroatoms. The minimum absolute atomic E-state index is 0.490. The van der Waals surface area contributed by atoms with Gasteiger partial charge in [0.25, 0.3) is 0 Å². The van der Waals surface area contributed by atoms with Gasteiger partial charge in [0, 0.05) is 18.2 Å². The van der Waals surface area contributed by atoms with Crippen molar-refractivity contribution in [3.8, 4) is 11.5 Å². The van der Waals surface area contributed by atoms with Crippen molar-refractivity contribution in [1.82, 2.24) is 0 Å². The maximum absolute atomic E-state index is 6.31. The van der Waals surface area contributed by atoms with E-state index < -0.39 is 0 Å². The number of hydrogen-bond acceptors (Lipinski definition) is 3. The van der Waals surface area contributed by atoms with Crippen molar-refractivity contribution in [3.05, 3.63) is 17.2 Å². The Morgan fingerprint density at radius 1 is 1.11 bits per heavy atom. The van der Waals surface area contributed by atoms with Gasteiger partial charge in [-0.15, -0.1) is 0 Å². The molecule has 1 fully saturated rings. The van der Waals surface area contributed by atoms with Crippen LogP contribution in [0.3, 0.4) is 0 Å². The lowest BCUT2D eigenvalue weighted by atomic mass is 9.86. The molecule has 0 saturated heterocycles. The van der Waals surface area contributed by atoms with Crippen LogP contribution in [0.4, 0.5) is 5.69 Å². The van der Waals surface area contributed by atoms with Crippen LogP contribution in [0.25, 0.3) is 0 Å². The Labute approximate surface area is 120 Å². The minimum Gasteiger partial charge on any atom is -0.493 e. The lowest BCUT2D eigenvalue weighted by Gasteiger charge is -2.30. The highest BCUT2D eigenvalue weighted by atomic mass is 35.5. The normalized spacial score (nSPS) is 22.9. The molecule has 1 aliphatic rings. The van der Waals surface area contributed by atoms with E-state index in [1.807, 2.05) is 6.07 Å². The summed E-state index contributed by atoms with van der Waals surface area (Å²) in [6.07, 6.45) is 5.10. The monoisotopic (exact) mass is 283 g/mol. The van der Waals surface area contributed by atoms with E-state index in [9.17, 15) is 0 Å². The molecule has 1 aliphatic carbocycles. The number of methoxy groups -OCH3 is 2. The number of halogens is 1. The summed E-state index contributed by atoms with van der Waals surface area (Å²) in [5, 5.41) is 4.23. The Morgan fingerprint density at radius 2 is 1.74 bits per heavy atom. The van der Waals surface area contributed by atoms with Crippen LogP contribution in [0.5, 0.6) is 11.5 Å². The number of hydrogen-bond donors (Lipinski definition) is 1. The van der Waals surface area contributed by atoms with Gasteiger partial charge in [0.2, 0.25) is 0 Å². The maximum atomic E-state index is 6.31. The lowest BCUT2D eigenvalue weighted by molar-refractivity contribution is 0.347. The van der Waals surface area contributed by atoms with Crippen LogP contribution in [0.15, 0.2) is 12.1 Å². The quantitative estimate of drug-likeness (QED) is 0.891. The Morgan fingerprint density at radius 3 is 2.37 bits per heavy atom. The first-order valence-corrected chi connectivity index (χ1v) is 7.21. The van der Waals surface area contributed by atoms with Crippen molar-refractivity contribution in [3.63, 3.8) is 0 Å². The number of ether oxygens (including phenoxy) is 2. The molecule has 0 heterocycles. The highest BCUT2D eigenvalue weighted by molar-refractivity contribution is 6.33. The van der Waals surface area contributed by atoms with Gasteiger partial charge < -0.3 is 14.8 Å². The fraction of sp³-hybridized carbons (Fsp3) is 0.600. The number of nitrogens with one attached hydrogen (secondary N) is 1. The topological polar surface area (TPSA) is 30.5 Å². The number of benzene rings is 1. The third-order valence-electron chi connectivity index (χ3n) is 3.93. The summed E-state index contributed by atoms with van der Waals surface area (Å²) in [5.41, 5.74) is 0.929. The average Bonchev–Trinajstić information content (AvgIpc) is 2.42. The molecular formula is C15H22ClNO2. The average molecular weight is 284 g/mol. The fourth-order valence-electron chi connectivity index (χ4n) is 2.70.